The first-order valence-electron chi connectivity index (χ1n) is 6.36. The molecule has 3 aromatic heterocycles. The van der Waals surface area contributed by atoms with E-state index in [0.29, 0.717) is 0 Å². The van der Waals surface area contributed by atoms with Crippen molar-refractivity contribution in [3.63, 3.8) is 0 Å². The average Bonchev–Trinajstić information content (AvgIpc) is 2.86. The minimum atomic E-state index is -0.515. The second-order valence-corrected chi connectivity index (χ2v) is 4.56. The SMILES string of the molecule is C=C(/C=c1\c(=C/N)[nH]c2ncccc12)c1ccc(F)nc1. The second-order valence-electron chi connectivity index (χ2n) is 4.56. The summed E-state index contributed by atoms with van der Waals surface area (Å²) in [6, 6.07) is 6.76. The summed E-state index contributed by atoms with van der Waals surface area (Å²) >= 11 is 0. The van der Waals surface area contributed by atoms with Gasteiger partial charge in [-0.1, -0.05) is 6.58 Å². The number of pyridine rings is 2. The molecule has 0 fully saturated rings. The van der Waals surface area contributed by atoms with Crippen molar-refractivity contribution < 1.29 is 4.39 Å². The summed E-state index contributed by atoms with van der Waals surface area (Å²) in [6.07, 6.45) is 6.53. The summed E-state index contributed by atoms with van der Waals surface area (Å²) < 4.78 is 12.9. The highest BCUT2D eigenvalue weighted by Crippen LogP contribution is 2.13. The van der Waals surface area contributed by atoms with Crippen LogP contribution in [0.25, 0.3) is 28.9 Å². The van der Waals surface area contributed by atoms with Crippen molar-refractivity contribution in [3.05, 3.63) is 65.3 Å². The van der Waals surface area contributed by atoms with Crippen LogP contribution in [0.1, 0.15) is 5.56 Å². The summed E-state index contributed by atoms with van der Waals surface area (Å²) in [5.41, 5.74) is 7.87. The zero-order valence-corrected chi connectivity index (χ0v) is 11.2. The first-order chi connectivity index (χ1) is 10.2. The maximum absolute atomic E-state index is 12.9. The van der Waals surface area contributed by atoms with Gasteiger partial charge in [-0.15, -0.1) is 0 Å². The molecule has 0 aliphatic rings. The molecule has 0 radical (unpaired) electrons. The molecule has 0 atom stereocenters. The maximum atomic E-state index is 12.9. The Labute approximate surface area is 120 Å². The zero-order valence-electron chi connectivity index (χ0n) is 11.2. The van der Waals surface area contributed by atoms with Gasteiger partial charge >= 0.3 is 0 Å². The van der Waals surface area contributed by atoms with Crippen molar-refractivity contribution in [1.82, 2.24) is 15.0 Å². The number of allylic oxidation sites excluding steroid dienone is 1. The van der Waals surface area contributed by atoms with Crippen LogP contribution >= 0.6 is 0 Å². The average molecular weight is 280 g/mol. The molecular weight excluding hydrogens is 267 g/mol. The molecule has 3 aromatic rings. The number of hydrogen-bond acceptors (Lipinski definition) is 3. The largest absolute Gasteiger partial charge is 0.403 e. The topological polar surface area (TPSA) is 67.6 Å². The lowest BCUT2D eigenvalue weighted by atomic mass is 10.1. The quantitative estimate of drug-likeness (QED) is 0.695. The van der Waals surface area contributed by atoms with Gasteiger partial charge in [0.05, 0.1) is 5.35 Å². The molecule has 0 aromatic carbocycles. The van der Waals surface area contributed by atoms with E-state index in [4.69, 9.17) is 5.73 Å². The van der Waals surface area contributed by atoms with Gasteiger partial charge < -0.3 is 10.7 Å². The summed E-state index contributed by atoms with van der Waals surface area (Å²) in [4.78, 5) is 11.0. The predicted molar refractivity (Wildman–Crippen MR) is 81.7 cm³/mol. The van der Waals surface area contributed by atoms with E-state index in [1.807, 2.05) is 18.2 Å². The van der Waals surface area contributed by atoms with Crippen LogP contribution in [0.3, 0.4) is 0 Å². The minimum Gasteiger partial charge on any atom is -0.403 e. The van der Waals surface area contributed by atoms with Gasteiger partial charge in [-0.2, -0.15) is 4.39 Å². The summed E-state index contributed by atoms with van der Waals surface area (Å²) in [5.74, 6) is -0.515. The molecule has 3 N–H and O–H groups in total. The number of nitrogens with zero attached hydrogens (tertiary/aromatic N) is 2. The number of aromatic amines is 1. The molecule has 3 heterocycles. The summed E-state index contributed by atoms with van der Waals surface area (Å²) in [7, 11) is 0. The minimum absolute atomic E-state index is 0.515. The van der Waals surface area contributed by atoms with Crippen molar-refractivity contribution in [2.45, 2.75) is 0 Å². The first kappa shape index (κ1) is 13.1. The lowest BCUT2D eigenvalue weighted by molar-refractivity contribution is 0.583. The monoisotopic (exact) mass is 280 g/mol. The van der Waals surface area contributed by atoms with Crippen LogP contribution in [0.5, 0.6) is 0 Å². The lowest BCUT2D eigenvalue weighted by Gasteiger charge is -1.99. The molecule has 0 amide bonds. The van der Waals surface area contributed by atoms with Crippen LogP contribution in [0.4, 0.5) is 4.39 Å². The van der Waals surface area contributed by atoms with Crippen LogP contribution in [0.2, 0.25) is 0 Å². The third-order valence-electron chi connectivity index (χ3n) is 3.22. The Kier molecular flexibility index (Phi) is 3.23. The van der Waals surface area contributed by atoms with Gasteiger partial charge in [-0.05, 0) is 41.5 Å². The van der Waals surface area contributed by atoms with E-state index >= 15 is 0 Å². The van der Waals surface area contributed by atoms with E-state index in [1.165, 1.54) is 18.5 Å². The summed E-state index contributed by atoms with van der Waals surface area (Å²) in [6.45, 7) is 4.00. The number of hydrogen-bond donors (Lipinski definition) is 2. The van der Waals surface area contributed by atoms with Gasteiger partial charge in [0.15, 0.2) is 0 Å². The van der Waals surface area contributed by atoms with Crippen LogP contribution in [-0.4, -0.2) is 15.0 Å². The normalized spacial score (nSPS) is 13.0. The molecule has 0 bridgehead atoms. The third kappa shape index (κ3) is 2.41. The molecule has 0 aliphatic heterocycles. The van der Waals surface area contributed by atoms with Crippen molar-refractivity contribution >= 4 is 28.9 Å². The molecule has 0 aliphatic carbocycles. The molecule has 0 saturated carbocycles. The molecule has 0 saturated heterocycles. The molecule has 5 heteroatoms. The highest BCUT2D eigenvalue weighted by atomic mass is 19.1. The fraction of sp³-hybridized carbons (Fsp3) is 0. The van der Waals surface area contributed by atoms with Crippen molar-refractivity contribution in [1.29, 1.82) is 0 Å². The molecule has 0 unspecified atom stereocenters. The molecule has 3 rings (SSSR count). The number of H-pyrrole nitrogens is 1. The Balaban J connectivity index is 2.19. The number of fused-ring (bicyclic) bond motifs is 1. The fourth-order valence-corrected chi connectivity index (χ4v) is 2.17. The molecule has 0 spiro atoms. The number of aromatic nitrogens is 3. The highest BCUT2D eigenvalue weighted by molar-refractivity contribution is 5.90. The van der Waals surface area contributed by atoms with Crippen molar-refractivity contribution in [2.75, 3.05) is 0 Å². The van der Waals surface area contributed by atoms with Gasteiger partial charge in [0.2, 0.25) is 5.95 Å². The Bertz CT molecular complexity index is 923. The molecule has 104 valence electrons. The van der Waals surface area contributed by atoms with E-state index < -0.39 is 5.95 Å². The Morgan fingerprint density at radius 1 is 1.29 bits per heavy atom. The third-order valence-corrected chi connectivity index (χ3v) is 3.22. The molecule has 4 nitrogen and oxygen atoms in total. The second kappa shape index (κ2) is 5.20. The number of halogens is 1. The molecular formula is C16H13FN4. The summed E-state index contributed by atoms with van der Waals surface area (Å²) in [5, 5.41) is 2.61. The standard InChI is InChI=1S/C16H13FN4/c1-10(11-4-5-15(17)20-9-11)7-13-12-3-2-6-19-16(12)21-14(13)8-18/h2-9H,1,18H2,(H,19,21)/b13-7-,14-8+. The predicted octanol–water partition coefficient (Wildman–Crippen LogP) is 1.29. The van der Waals surface area contributed by atoms with Crippen LogP contribution in [-0.2, 0) is 0 Å². The van der Waals surface area contributed by atoms with E-state index in [0.717, 1.165) is 32.7 Å². The zero-order chi connectivity index (χ0) is 14.8. The van der Waals surface area contributed by atoms with Gasteiger partial charge in [0.25, 0.3) is 0 Å². The van der Waals surface area contributed by atoms with Gasteiger partial charge in [-0.3, -0.25) is 0 Å². The van der Waals surface area contributed by atoms with Crippen LogP contribution in [0.15, 0.2) is 43.2 Å². The van der Waals surface area contributed by atoms with E-state index in [1.54, 1.807) is 12.3 Å². The van der Waals surface area contributed by atoms with Gasteiger partial charge in [0.1, 0.15) is 5.65 Å². The van der Waals surface area contributed by atoms with Crippen LogP contribution in [0, 0.1) is 5.95 Å². The Morgan fingerprint density at radius 2 is 2.14 bits per heavy atom. The van der Waals surface area contributed by atoms with E-state index in [-0.39, 0.29) is 0 Å². The Hall–Kier alpha value is -2.95. The van der Waals surface area contributed by atoms with Gasteiger partial charge in [-0.25, -0.2) is 9.97 Å². The van der Waals surface area contributed by atoms with Crippen LogP contribution < -0.4 is 16.3 Å². The number of rotatable bonds is 2. The van der Waals surface area contributed by atoms with Gasteiger partial charge in [0, 0.05) is 29.2 Å². The number of nitrogens with two attached hydrogens (primary N) is 1. The van der Waals surface area contributed by atoms with E-state index in [2.05, 4.69) is 21.5 Å². The maximum Gasteiger partial charge on any atom is 0.212 e. The van der Waals surface area contributed by atoms with Crippen molar-refractivity contribution in [2.24, 2.45) is 5.73 Å². The fourth-order valence-electron chi connectivity index (χ4n) is 2.17. The number of nitrogens with one attached hydrogen (secondary N) is 1. The first-order valence-corrected chi connectivity index (χ1v) is 6.36. The lowest BCUT2D eigenvalue weighted by Crippen LogP contribution is -2.24. The van der Waals surface area contributed by atoms with Crippen molar-refractivity contribution in [3.8, 4) is 0 Å². The Morgan fingerprint density at radius 3 is 2.86 bits per heavy atom. The van der Waals surface area contributed by atoms with E-state index in [9.17, 15) is 4.39 Å². The smallest absolute Gasteiger partial charge is 0.212 e. The molecule has 21 heavy (non-hydrogen) atoms. The highest BCUT2D eigenvalue weighted by Gasteiger charge is 2.02.